The van der Waals surface area contributed by atoms with E-state index in [4.69, 9.17) is 16.3 Å². The molecule has 4 rings (SSSR count). The van der Waals surface area contributed by atoms with E-state index in [1.54, 1.807) is 0 Å². The van der Waals surface area contributed by atoms with E-state index in [-0.39, 0.29) is 34.3 Å². The van der Waals surface area contributed by atoms with Crippen LogP contribution in [0, 0.1) is 11.7 Å². The van der Waals surface area contributed by atoms with E-state index < -0.39 is 29.9 Å². The van der Waals surface area contributed by atoms with Gasteiger partial charge < -0.3 is 21.2 Å². The first-order chi connectivity index (χ1) is 16.2. The molecular weight excluding hydrogens is 456 g/mol. The fraction of sp³-hybridized carbons (Fsp3) is 0.227. The summed E-state index contributed by atoms with van der Waals surface area (Å²) in [7, 11) is 0. The maximum absolute atomic E-state index is 14.4. The Morgan fingerprint density at radius 1 is 1.15 bits per heavy atom. The predicted octanol–water partition coefficient (Wildman–Crippen LogP) is 4.12. The summed E-state index contributed by atoms with van der Waals surface area (Å²) in [6.45, 7) is 0. The molecule has 1 aliphatic rings. The maximum Gasteiger partial charge on any atom is 0.425 e. The number of nitrogens with zero attached hydrogens (tertiary/aromatic N) is 2. The second kappa shape index (κ2) is 9.14. The smallest absolute Gasteiger partial charge is 0.425 e. The Morgan fingerprint density at radius 3 is 2.47 bits per heavy atom. The second-order valence-electron chi connectivity index (χ2n) is 7.73. The number of nitrogen functional groups attached to an aromatic ring is 2. The van der Waals surface area contributed by atoms with Gasteiger partial charge >= 0.3 is 6.18 Å². The molecule has 1 fully saturated rings. The van der Waals surface area contributed by atoms with Gasteiger partial charge in [-0.3, -0.25) is 4.79 Å². The number of aromatic nitrogens is 2. The molecule has 34 heavy (non-hydrogen) atoms. The van der Waals surface area contributed by atoms with Gasteiger partial charge in [-0.05, 0) is 55.3 Å². The molecule has 178 valence electrons. The first-order valence-corrected chi connectivity index (χ1v) is 10.2. The van der Waals surface area contributed by atoms with Gasteiger partial charge in [-0.25, -0.2) is 20.2 Å². The number of hydrogen-bond donors (Lipinski definition) is 4. The monoisotopic (exact) mass is 476 g/mol. The number of rotatable bonds is 7. The van der Waals surface area contributed by atoms with E-state index in [1.165, 1.54) is 42.6 Å². The minimum atomic E-state index is -4.47. The predicted molar refractivity (Wildman–Crippen MR) is 117 cm³/mol. The average molecular weight is 476 g/mol. The molecule has 1 amide bonds. The molecule has 8 nitrogen and oxygen atoms in total. The number of nitrogens with one attached hydrogen (secondary N) is 2. The highest BCUT2D eigenvalue weighted by atomic mass is 19.4. The van der Waals surface area contributed by atoms with Gasteiger partial charge in [0.05, 0.1) is 17.4 Å². The summed E-state index contributed by atoms with van der Waals surface area (Å²) < 4.78 is 58.9. The lowest BCUT2D eigenvalue weighted by molar-refractivity contribution is -0.201. The van der Waals surface area contributed by atoms with Crippen molar-refractivity contribution in [1.82, 2.24) is 9.97 Å². The zero-order valence-corrected chi connectivity index (χ0v) is 17.6. The molecule has 1 saturated carbocycles. The third-order valence-corrected chi connectivity index (χ3v) is 5.17. The van der Waals surface area contributed by atoms with E-state index in [2.05, 4.69) is 20.7 Å². The van der Waals surface area contributed by atoms with E-state index in [9.17, 15) is 22.4 Å². The Bertz CT molecular complexity index is 1200. The third-order valence-electron chi connectivity index (χ3n) is 5.17. The Kier molecular flexibility index (Phi) is 6.24. The second-order valence-corrected chi connectivity index (χ2v) is 7.73. The lowest BCUT2D eigenvalue weighted by Gasteiger charge is -2.21. The van der Waals surface area contributed by atoms with Gasteiger partial charge in [-0.15, -0.1) is 0 Å². The Balaban J connectivity index is 1.49. The summed E-state index contributed by atoms with van der Waals surface area (Å²) in [6, 6.07) is 9.11. The van der Waals surface area contributed by atoms with Crippen LogP contribution in [0.25, 0.3) is 11.4 Å². The van der Waals surface area contributed by atoms with Crippen molar-refractivity contribution in [3.05, 3.63) is 60.0 Å². The van der Waals surface area contributed by atoms with Crippen LogP contribution in [0.3, 0.4) is 0 Å². The van der Waals surface area contributed by atoms with Crippen molar-refractivity contribution in [2.24, 2.45) is 11.8 Å². The summed E-state index contributed by atoms with van der Waals surface area (Å²) in [6.07, 6.45) is -4.08. The molecule has 1 aliphatic carbocycles. The summed E-state index contributed by atoms with van der Waals surface area (Å²) in [5, 5.41) is 2.51. The number of ether oxygens (including phenoxy) is 1. The van der Waals surface area contributed by atoms with Crippen LogP contribution in [0.2, 0.25) is 0 Å². The van der Waals surface area contributed by atoms with Crippen LogP contribution in [0.5, 0.6) is 5.75 Å². The first-order valence-electron chi connectivity index (χ1n) is 10.2. The molecule has 12 heteroatoms. The fourth-order valence-electron chi connectivity index (χ4n) is 3.28. The molecular formula is C22H20F4N6O2. The molecule has 1 aromatic heterocycles. The molecule has 0 bridgehead atoms. The summed E-state index contributed by atoms with van der Waals surface area (Å²) >= 11 is 0. The van der Waals surface area contributed by atoms with Gasteiger partial charge in [-0.1, -0.05) is 0 Å². The van der Waals surface area contributed by atoms with Crippen molar-refractivity contribution < 1.29 is 27.1 Å². The number of anilines is 3. The number of halogens is 4. The van der Waals surface area contributed by atoms with Crippen LogP contribution >= 0.6 is 0 Å². The minimum absolute atomic E-state index is 0.0187. The molecule has 0 radical (unpaired) electrons. The van der Waals surface area contributed by atoms with Crippen LogP contribution < -0.4 is 27.1 Å². The van der Waals surface area contributed by atoms with Crippen LogP contribution in [0.1, 0.15) is 23.2 Å². The summed E-state index contributed by atoms with van der Waals surface area (Å²) in [5.41, 5.74) is 8.51. The van der Waals surface area contributed by atoms with Gasteiger partial charge in [0.25, 0.3) is 5.91 Å². The molecule has 3 aromatic rings. The van der Waals surface area contributed by atoms with Gasteiger partial charge in [0.1, 0.15) is 11.6 Å². The van der Waals surface area contributed by atoms with Crippen molar-refractivity contribution in [2.45, 2.75) is 25.1 Å². The van der Waals surface area contributed by atoms with Crippen molar-refractivity contribution in [3.8, 4) is 17.1 Å². The minimum Gasteiger partial charge on any atom is -0.481 e. The average Bonchev–Trinajstić information content (AvgIpc) is 3.63. The van der Waals surface area contributed by atoms with E-state index >= 15 is 0 Å². The molecule has 1 heterocycles. The Hall–Kier alpha value is -3.93. The largest absolute Gasteiger partial charge is 0.481 e. The highest BCUT2D eigenvalue weighted by Crippen LogP contribution is 2.42. The van der Waals surface area contributed by atoms with Gasteiger partial charge in [0.15, 0.2) is 17.7 Å². The number of carbonyl (C=O) groups excluding carboxylic acids is 1. The highest BCUT2D eigenvalue weighted by Gasteiger charge is 2.51. The molecule has 0 saturated heterocycles. The van der Waals surface area contributed by atoms with Crippen LogP contribution in [-0.4, -0.2) is 28.2 Å². The number of alkyl halides is 3. The van der Waals surface area contributed by atoms with E-state index in [1.807, 2.05) is 0 Å². The molecule has 0 aliphatic heterocycles. The maximum atomic E-state index is 14.4. The normalized spacial score (nSPS) is 14.4. The van der Waals surface area contributed by atoms with E-state index in [0.29, 0.717) is 18.4 Å². The Morgan fingerprint density at radius 2 is 1.85 bits per heavy atom. The molecule has 0 spiro atoms. The van der Waals surface area contributed by atoms with Gasteiger partial charge in [0.2, 0.25) is 0 Å². The number of amides is 1. The van der Waals surface area contributed by atoms with Crippen molar-refractivity contribution in [2.75, 3.05) is 16.5 Å². The van der Waals surface area contributed by atoms with Crippen molar-refractivity contribution >= 4 is 23.1 Å². The number of hydrazine groups is 1. The van der Waals surface area contributed by atoms with Gasteiger partial charge in [-0.2, -0.15) is 13.2 Å². The first kappa shape index (κ1) is 23.2. The molecule has 0 unspecified atom stereocenters. The standard InChI is InChI=1S/C22H20F4N6O2/c23-16-8-3-12(19-29-10-17(27)20(31-19)32-28)9-15(16)21(33)30-13-4-6-14(7-5-13)34-18(11-1-2-11)22(24,25)26/h3-11,18H,1-2,27-28H2,(H,30,33)(H,29,31,32)/t18-/m1/s1. The summed E-state index contributed by atoms with van der Waals surface area (Å²) in [4.78, 5) is 20.8. The van der Waals surface area contributed by atoms with Crippen molar-refractivity contribution in [3.63, 3.8) is 0 Å². The molecule has 6 N–H and O–H groups in total. The van der Waals surface area contributed by atoms with Crippen molar-refractivity contribution in [1.29, 1.82) is 0 Å². The zero-order chi connectivity index (χ0) is 24.5. The fourth-order valence-corrected chi connectivity index (χ4v) is 3.28. The number of nitrogens with two attached hydrogens (primary N) is 2. The number of hydrogen-bond acceptors (Lipinski definition) is 7. The molecule has 1 atom stereocenters. The topological polar surface area (TPSA) is 128 Å². The lowest BCUT2D eigenvalue weighted by atomic mass is 10.1. The zero-order valence-electron chi connectivity index (χ0n) is 17.6. The Labute approximate surface area is 191 Å². The SMILES string of the molecule is NNc1nc(-c2ccc(F)c(C(=O)Nc3ccc(O[C@H](C4CC4)C(F)(F)F)cc3)c2)ncc1N. The summed E-state index contributed by atoms with van der Waals surface area (Å²) in [5.74, 6) is 3.59. The number of carbonyl (C=O) groups is 1. The van der Waals surface area contributed by atoms with Gasteiger partial charge in [0, 0.05) is 17.2 Å². The number of benzene rings is 2. The van der Waals surface area contributed by atoms with Crippen LogP contribution in [0.4, 0.5) is 34.8 Å². The van der Waals surface area contributed by atoms with Crippen LogP contribution in [-0.2, 0) is 0 Å². The highest BCUT2D eigenvalue weighted by molar-refractivity contribution is 6.05. The quantitative estimate of drug-likeness (QED) is 0.229. The lowest BCUT2D eigenvalue weighted by Crippen LogP contribution is -2.36. The van der Waals surface area contributed by atoms with Crippen LogP contribution in [0.15, 0.2) is 48.7 Å². The van der Waals surface area contributed by atoms with E-state index in [0.717, 1.165) is 6.07 Å². The molecule has 2 aromatic carbocycles. The third kappa shape index (κ3) is 5.17.